The summed E-state index contributed by atoms with van der Waals surface area (Å²) in [7, 11) is 0. The maximum Gasteiger partial charge on any atom is 0.147 e. The Morgan fingerprint density at radius 2 is 2.19 bits per heavy atom. The van der Waals surface area contributed by atoms with E-state index >= 15 is 0 Å². The fourth-order valence-corrected chi connectivity index (χ4v) is 4.18. The summed E-state index contributed by atoms with van der Waals surface area (Å²) in [5, 5.41) is 0. The number of aromatic nitrogens is 2. The van der Waals surface area contributed by atoms with Crippen LogP contribution in [-0.4, -0.2) is 27.7 Å². The van der Waals surface area contributed by atoms with Crippen molar-refractivity contribution in [3.8, 4) is 5.75 Å². The molecule has 1 saturated heterocycles. The predicted molar refractivity (Wildman–Crippen MR) is 90.7 cm³/mol. The Labute approximate surface area is 135 Å². The van der Waals surface area contributed by atoms with Crippen molar-refractivity contribution >= 4 is 34.4 Å². The minimum absolute atomic E-state index is 0.450. The van der Waals surface area contributed by atoms with Crippen molar-refractivity contribution in [3.63, 3.8) is 0 Å². The van der Waals surface area contributed by atoms with Gasteiger partial charge in [-0.15, -0.1) is 11.6 Å². The van der Waals surface area contributed by atoms with Crippen LogP contribution in [0.25, 0.3) is 11.0 Å². The number of nitrogens with zero attached hydrogens (tertiary/aromatic N) is 2. The molecule has 0 spiro atoms. The Morgan fingerprint density at radius 3 is 2.90 bits per heavy atom. The standard InChI is InChI=1S/C16H21ClN2OS/c1-2-8-20-14-5-3-4-13-16(14)18-15(11-17)19(13)12-6-9-21-10-7-12/h3-5,12H,2,6-11H2,1H3. The molecule has 0 atom stereocenters. The Hall–Kier alpha value is -0.870. The van der Waals surface area contributed by atoms with Crippen LogP contribution in [0.3, 0.4) is 0 Å². The van der Waals surface area contributed by atoms with Crippen LogP contribution in [0.15, 0.2) is 18.2 Å². The molecular weight excluding hydrogens is 304 g/mol. The molecule has 0 N–H and O–H groups in total. The van der Waals surface area contributed by atoms with Crippen LogP contribution in [0.5, 0.6) is 5.75 Å². The van der Waals surface area contributed by atoms with Crippen LogP contribution in [0.4, 0.5) is 0 Å². The second kappa shape index (κ2) is 6.93. The molecule has 0 radical (unpaired) electrons. The van der Waals surface area contributed by atoms with Gasteiger partial charge in [-0.3, -0.25) is 0 Å². The molecule has 0 unspecified atom stereocenters. The summed E-state index contributed by atoms with van der Waals surface area (Å²) in [6, 6.07) is 6.72. The molecule has 3 nitrogen and oxygen atoms in total. The molecule has 0 saturated carbocycles. The molecule has 0 bridgehead atoms. The van der Waals surface area contributed by atoms with E-state index < -0.39 is 0 Å². The van der Waals surface area contributed by atoms with Crippen molar-refractivity contribution in [1.29, 1.82) is 0 Å². The number of imidazole rings is 1. The predicted octanol–water partition coefficient (Wildman–Crippen LogP) is 4.63. The van der Waals surface area contributed by atoms with Crippen LogP contribution in [0, 0.1) is 0 Å². The van der Waals surface area contributed by atoms with E-state index in [1.165, 1.54) is 24.3 Å². The van der Waals surface area contributed by atoms with Crippen molar-refractivity contribution in [3.05, 3.63) is 24.0 Å². The highest BCUT2D eigenvalue weighted by Gasteiger charge is 2.22. The van der Waals surface area contributed by atoms with Gasteiger partial charge in [0.05, 0.1) is 18.0 Å². The van der Waals surface area contributed by atoms with Crippen LogP contribution in [0.1, 0.15) is 38.1 Å². The summed E-state index contributed by atoms with van der Waals surface area (Å²) < 4.78 is 8.19. The lowest BCUT2D eigenvalue weighted by atomic mass is 10.1. The van der Waals surface area contributed by atoms with Crippen molar-refractivity contribution < 1.29 is 4.74 Å². The molecule has 1 fully saturated rings. The van der Waals surface area contributed by atoms with Crippen LogP contribution >= 0.6 is 23.4 Å². The maximum atomic E-state index is 6.15. The number of fused-ring (bicyclic) bond motifs is 1. The summed E-state index contributed by atoms with van der Waals surface area (Å²) in [5.41, 5.74) is 2.12. The van der Waals surface area contributed by atoms with E-state index in [-0.39, 0.29) is 0 Å². The topological polar surface area (TPSA) is 27.1 Å². The lowest BCUT2D eigenvalue weighted by Crippen LogP contribution is -2.17. The summed E-state index contributed by atoms with van der Waals surface area (Å²) in [6.45, 7) is 2.84. The Kier molecular flexibility index (Phi) is 4.96. The Morgan fingerprint density at radius 1 is 1.38 bits per heavy atom. The van der Waals surface area contributed by atoms with Gasteiger partial charge in [-0.25, -0.2) is 4.98 Å². The number of alkyl halides is 1. The van der Waals surface area contributed by atoms with Gasteiger partial charge in [-0.2, -0.15) is 11.8 Å². The van der Waals surface area contributed by atoms with Crippen molar-refractivity contribution in [1.82, 2.24) is 9.55 Å². The van der Waals surface area contributed by atoms with E-state index in [0.29, 0.717) is 11.9 Å². The van der Waals surface area contributed by atoms with E-state index in [0.717, 1.165) is 35.6 Å². The first-order valence-corrected chi connectivity index (χ1v) is 9.30. The van der Waals surface area contributed by atoms with Gasteiger partial charge >= 0.3 is 0 Å². The van der Waals surface area contributed by atoms with E-state index in [2.05, 4.69) is 23.6 Å². The molecule has 1 aliphatic heterocycles. The summed E-state index contributed by atoms with van der Waals surface area (Å²) >= 11 is 8.19. The quantitative estimate of drug-likeness (QED) is 0.750. The third-order valence-corrected chi connectivity index (χ3v) is 5.18. The fourth-order valence-electron chi connectivity index (χ4n) is 2.91. The number of halogens is 1. The maximum absolute atomic E-state index is 6.15. The molecule has 0 amide bonds. The van der Waals surface area contributed by atoms with Gasteiger partial charge in [-0.1, -0.05) is 13.0 Å². The minimum Gasteiger partial charge on any atom is -0.491 e. The van der Waals surface area contributed by atoms with Gasteiger partial charge in [-0.05, 0) is 42.9 Å². The zero-order valence-corrected chi connectivity index (χ0v) is 13.9. The largest absolute Gasteiger partial charge is 0.491 e. The van der Waals surface area contributed by atoms with Gasteiger partial charge in [0.15, 0.2) is 0 Å². The van der Waals surface area contributed by atoms with Crippen LogP contribution in [0.2, 0.25) is 0 Å². The van der Waals surface area contributed by atoms with E-state index in [1.807, 2.05) is 17.8 Å². The molecule has 114 valence electrons. The molecule has 1 aromatic carbocycles. The van der Waals surface area contributed by atoms with E-state index in [4.69, 9.17) is 21.3 Å². The molecule has 21 heavy (non-hydrogen) atoms. The second-order valence-electron chi connectivity index (χ2n) is 5.35. The second-order valence-corrected chi connectivity index (χ2v) is 6.84. The first kappa shape index (κ1) is 15.0. The molecule has 3 rings (SSSR count). The van der Waals surface area contributed by atoms with Gasteiger partial charge in [0.2, 0.25) is 0 Å². The molecule has 2 aromatic rings. The highest BCUT2D eigenvalue weighted by atomic mass is 35.5. The first-order chi connectivity index (χ1) is 10.3. The van der Waals surface area contributed by atoms with Crippen molar-refractivity contribution in [2.45, 2.75) is 38.1 Å². The fraction of sp³-hybridized carbons (Fsp3) is 0.562. The van der Waals surface area contributed by atoms with Crippen LogP contribution < -0.4 is 4.74 Å². The molecule has 0 aliphatic carbocycles. The number of rotatable bonds is 5. The van der Waals surface area contributed by atoms with Gasteiger partial charge in [0.1, 0.15) is 17.1 Å². The zero-order valence-electron chi connectivity index (χ0n) is 12.3. The number of hydrogen-bond donors (Lipinski definition) is 0. The third-order valence-electron chi connectivity index (χ3n) is 3.89. The van der Waals surface area contributed by atoms with Crippen molar-refractivity contribution in [2.24, 2.45) is 0 Å². The molecule has 2 heterocycles. The number of thioether (sulfide) groups is 1. The van der Waals surface area contributed by atoms with Gasteiger partial charge < -0.3 is 9.30 Å². The lowest BCUT2D eigenvalue weighted by Gasteiger charge is -2.25. The van der Waals surface area contributed by atoms with E-state index in [9.17, 15) is 0 Å². The summed E-state index contributed by atoms with van der Waals surface area (Å²) in [5.74, 6) is 4.74. The molecule has 1 aromatic heterocycles. The monoisotopic (exact) mass is 324 g/mol. The third kappa shape index (κ3) is 3.02. The highest BCUT2D eigenvalue weighted by molar-refractivity contribution is 7.99. The number of ether oxygens (including phenoxy) is 1. The summed E-state index contributed by atoms with van der Waals surface area (Å²) in [4.78, 5) is 4.76. The first-order valence-electron chi connectivity index (χ1n) is 7.61. The molecule has 5 heteroatoms. The van der Waals surface area contributed by atoms with Gasteiger partial charge in [0, 0.05) is 6.04 Å². The average molecular weight is 325 g/mol. The summed E-state index contributed by atoms with van der Waals surface area (Å²) in [6.07, 6.45) is 3.39. The zero-order chi connectivity index (χ0) is 14.7. The minimum atomic E-state index is 0.450. The lowest BCUT2D eigenvalue weighted by molar-refractivity contribution is 0.320. The van der Waals surface area contributed by atoms with Crippen molar-refractivity contribution in [2.75, 3.05) is 18.1 Å². The normalized spacial score (nSPS) is 16.5. The number of para-hydroxylation sites is 1. The van der Waals surface area contributed by atoms with Crippen LogP contribution in [-0.2, 0) is 5.88 Å². The average Bonchev–Trinajstić information content (AvgIpc) is 2.92. The molecular formula is C16H21ClN2OS. The Balaban J connectivity index is 2.05. The van der Waals surface area contributed by atoms with E-state index in [1.54, 1.807) is 0 Å². The smallest absolute Gasteiger partial charge is 0.147 e. The SMILES string of the molecule is CCCOc1cccc2c1nc(CCl)n2C1CCSCC1. The number of benzene rings is 1. The molecule has 1 aliphatic rings. The number of hydrogen-bond acceptors (Lipinski definition) is 3. The van der Waals surface area contributed by atoms with Gasteiger partial charge in [0.25, 0.3) is 0 Å². The highest BCUT2D eigenvalue weighted by Crippen LogP contribution is 2.34. The Bertz CT molecular complexity index is 608.